The van der Waals surface area contributed by atoms with Gasteiger partial charge in [0, 0.05) is 38.5 Å². The lowest BCUT2D eigenvalue weighted by Crippen LogP contribution is -2.16. The van der Waals surface area contributed by atoms with Gasteiger partial charge in [-0.05, 0) is 97.9 Å². The van der Waals surface area contributed by atoms with Crippen molar-refractivity contribution in [2.45, 2.75) is 19.3 Å². The molecule has 0 bridgehead atoms. The van der Waals surface area contributed by atoms with E-state index in [9.17, 15) is 0 Å². The molecule has 9 aromatic carbocycles. The summed E-state index contributed by atoms with van der Waals surface area (Å²) in [5.74, 6) is 0. The fourth-order valence-corrected chi connectivity index (χ4v) is 9.31. The van der Waals surface area contributed by atoms with Crippen LogP contribution in [0.5, 0.6) is 0 Å². The summed E-state index contributed by atoms with van der Waals surface area (Å²) < 4.78 is 6.46. The number of hydrogen-bond acceptors (Lipinski definition) is 2. The van der Waals surface area contributed by atoms with E-state index in [0.29, 0.717) is 0 Å². The van der Waals surface area contributed by atoms with E-state index in [1.165, 1.54) is 55.3 Å². The molecule has 11 rings (SSSR count). The van der Waals surface area contributed by atoms with Crippen LogP contribution in [0.3, 0.4) is 0 Å². The van der Waals surface area contributed by atoms with Crippen LogP contribution >= 0.6 is 0 Å². The molecule has 2 nitrogen and oxygen atoms in total. The fraction of sp³-hybridized carbons (Fsp3) is 0.0545. The monoisotopic (exact) mass is 729 g/mol. The first-order valence-corrected chi connectivity index (χ1v) is 19.8. The molecule has 57 heavy (non-hydrogen) atoms. The van der Waals surface area contributed by atoms with Gasteiger partial charge < -0.3 is 9.32 Å². The summed E-state index contributed by atoms with van der Waals surface area (Å²) in [5.41, 5.74) is 17.4. The molecule has 0 aliphatic heterocycles. The molecule has 1 aromatic heterocycles. The van der Waals surface area contributed by atoms with Crippen molar-refractivity contribution in [2.24, 2.45) is 0 Å². The number of furan rings is 1. The third kappa shape index (κ3) is 5.33. The minimum absolute atomic E-state index is 0.167. The van der Waals surface area contributed by atoms with Crippen molar-refractivity contribution >= 4 is 49.8 Å². The molecule has 0 saturated heterocycles. The van der Waals surface area contributed by atoms with Crippen LogP contribution in [0.1, 0.15) is 25.0 Å². The Morgan fingerprint density at radius 3 is 1.63 bits per heavy atom. The van der Waals surface area contributed by atoms with Gasteiger partial charge in [-0.3, -0.25) is 0 Å². The number of anilines is 3. The third-order valence-electron chi connectivity index (χ3n) is 12.1. The summed E-state index contributed by atoms with van der Waals surface area (Å²) in [4.78, 5) is 2.44. The van der Waals surface area contributed by atoms with Crippen LogP contribution in [0.25, 0.3) is 77.2 Å². The third-order valence-corrected chi connectivity index (χ3v) is 12.1. The van der Waals surface area contributed by atoms with Crippen molar-refractivity contribution in [2.75, 3.05) is 4.90 Å². The standard InChI is InChI=1S/C55H39NO/c1-55(2)50-33-28-40(37-16-7-4-8-17-37)34-48(50)49-35-51(44-18-9-10-20-46(44)53(49)55)56(41-29-24-38(25-30-41)36-14-5-3-6-15-36)42-31-26-39(27-32-42)43-21-13-22-47-45-19-11-12-23-52(45)57-54(43)47/h3-35H,1-2H3. The first-order chi connectivity index (χ1) is 28.0. The Morgan fingerprint density at radius 1 is 0.386 bits per heavy atom. The number of fused-ring (bicyclic) bond motifs is 8. The van der Waals surface area contributed by atoms with Crippen LogP contribution in [0.2, 0.25) is 0 Å². The Bertz CT molecular complexity index is 3120. The Hall–Kier alpha value is -7.16. The van der Waals surface area contributed by atoms with Crippen LogP contribution in [-0.4, -0.2) is 0 Å². The molecule has 0 atom stereocenters. The van der Waals surface area contributed by atoms with Gasteiger partial charge in [0.1, 0.15) is 11.2 Å². The topological polar surface area (TPSA) is 16.4 Å². The van der Waals surface area contributed by atoms with E-state index in [-0.39, 0.29) is 5.41 Å². The zero-order chi connectivity index (χ0) is 38.1. The van der Waals surface area contributed by atoms with Gasteiger partial charge in [-0.15, -0.1) is 0 Å². The maximum absolute atomic E-state index is 6.46. The molecule has 0 unspecified atom stereocenters. The molecule has 0 N–H and O–H groups in total. The summed E-state index contributed by atoms with van der Waals surface area (Å²) >= 11 is 0. The molecule has 270 valence electrons. The van der Waals surface area contributed by atoms with Gasteiger partial charge in [0.2, 0.25) is 0 Å². The van der Waals surface area contributed by atoms with E-state index < -0.39 is 0 Å². The first-order valence-electron chi connectivity index (χ1n) is 19.8. The van der Waals surface area contributed by atoms with E-state index in [1.807, 2.05) is 12.1 Å². The minimum Gasteiger partial charge on any atom is -0.455 e. The van der Waals surface area contributed by atoms with Gasteiger partial charge in [-0.2, -0.15) is 0 Å². The second-order valence-electron chi connectivity index (χ2n) is 15.7. The smallest absolute Gasteiger partial charge is 0.143 e. The summed E-state index contributed by atoms with van der Waals surface area (Å²) in [6.45, 7) is 4.76. The lowest BCUT2D eigenvalue weighted by molar-refractivity contribution is 0.666. The van der Waals surface area contributed by atoms with E-state index >= 15 is 0 Å². The van der Waals surface area contributed by atoms with Crippen molar-refractivity contribution < 1.29 is 4.42 Å². The Kier molecular flexibility index (Phi) is 7.55. The van der Waals surface area contributed by atoms with Crippen LogP contribution in [-0.2, 0) is 5.41 Å². The summed E-state index contributed by atoms with van der Waals surface area (Å²) in [7, 11) is 0. The molecular formula is C55H39NO. The van der Waals surface area contributed by atoms with Crippen molar-refractivity contribution in [1.29, 1.82) is 0 Å². The van der Waals surface area contributed by atoms with Gasteiger partial charge in [0.05, 0.1) is 5.69 Å². The van der Waals surface area contributed by atoms with Gasteiger partial charge in [-0.1, -0.05) is 172 Å². The average Bonchev–Trinajstić information content (AvgIpc) is 3.76. The highest BCUT2D eigenvalue weighted by molar-refractivity contribution is 6.10. The number of nitrogens with zero attached hydrogens (tertiary/aromatic N) is 1. The second kappa shape index (κ2) is 13.0. The summed E-state index contributed by atoms with van der Waals surface area (Å²) in [5, 5.41) is 4.78. The molecule has 2 heteroatoms. The second-order valence-corrected chi connectivity index (χ2v) is 15.7. The highest BCUT2D eigenvalue weighted by Gasteiger charge is 2.38. The Balaban J connectivity index is 1.11. The Labute approximate surface area is 332 Å². The molecular weight excluding hydrogens is 691 g/mol. The predicted molar refractivity (Wildman–Crippen MR) is 240 cm³/mol. The van der Waals surface area contributed by atoms with E-state index in [2.05, 4.69) is 207 Å². The summed E-state index contributed by atoms with van der Waals surface area (Å²) in [6, 6.07) is 72.6. The maximum atomic E-state index is 6.46. The molecule has 1 aliphatic rings. The molecule has 0 fully saturated rings. The number of rotatable bonds is 6. The van der Waals surface area contributed by atoms with Gasteiger partial charge >= 0.3 is 0 Å². The normalized spacial score (nSPS) is 12.9. The fourth-order valence-electron chi connectivity index (χ4n) is 9.31. The van der Waals surface area contributed by atoms with Gasteiger partial charge in [0.25, 0.3) is 0 Å². The lowest BCUT2D eigenvalue weighted by atomic mass is 9.79. The van der Waals surface area contributed by atoms with Crippen molar-refractivity contribution in [3.05, 3.63) is 211 Å². The predicted octanol–water partition coefficient (Wildman–Crippen LogP) is 15.5. The lowest BCUT2D eigenvalue weighted by Gasteiger charge is -2.30. The molecule has 0 saturated carbocycles. The van der Waals surface area contributed by atoms with E-state index in [4.69, 9.17) is 4.42 Å². The Morgan fingerprint density at radius 2 is 0.930 bits per heavy atom. The van der Waals surface area contributed by atoms with Crippen LogP contribution in [0.4, 0.5) is 17.1 Å². The van der Waals surface area contributed by atoms with E-state index in [0.717, 1.165) is 50.1 Å². The van der Waals surface area contributed by atoms with Crippen molar-refractivity contribution in [3.63, 3.8) is 0 Å². The first kappa shape index (κ1) is 33.2. The molecule has 0 radical (unpaired) electrons. The highest BCUT2D eigenvalue weighted by Crippen LogP contribution is 2.55. The number of para-hydroxylation sites is 2. The van der Waals surface area contributed by atoms with Crippen LogP contribution in [0, 0.1) is 0 Å². The molecule has 0 amide bonds. The largest absolute Gasteiger partial charge is 0.455 e. The van der Waals surface area contributed by atoms with E-state index in [1.54, 1.807) is 0 Å². The maximum Gasteiger partial charge on any atom is 0.143 e. The zero-order valence-electron chi connectivity index (χ0n) is 31.9. The van der Waals surface area contributed by atoms with Crippen LogP contribution < -0.4 is 4.90 Å². The molecule has 10 aromatic rings. The van der Waals surface area contributed by atoms with Crippen molar-refractivity contribution in [3.8, 4) is 44.5 Å². The van der Waals surface area contributed by atoms with Gasteiger partial charge in [-0.25, -0.2) is 0 Å². The highest BCUT2D eigenvalue weighted by atomic mass is 16.3. The average molecular weight is 730 g/mol. The SMILES string of the molecule is CC1(C)c2ccc(-c3ccccc3)cc2-c2cc(N(c3ccc(-c4ccccc4)cc3)c3ccc(-c4cccc5c4oc4ccccc45)cc3)c3ccccc3c21. The number of benzene rings is 9. The number of hydrogen-bond donors (Lipinski definition) is 0. The molecule has 0 spiro atoms. The minimum atomic E-state index is -0.167. The van der Waals surface area contributed by atoms with Crippen LogP contribution in [0.15, 0.2) is 205 Å². The van der Waals surface area contributed by atoms with Crippen molar-refractivity contribution in [1.82, 2.24) is 0 Å². The quantitative estimate of drug-likeness (QED) is 0.169. The molecule has 1 aliphatic carbocycles. The van der Waals surface area contributed by atoms with Gasteiger partial charge in [0.15, 0.2) is 0 Å². The molecule has 1 heterocycles. The zero-order valence-corrected chi connectivity index (χ0v) is 31.9. The summed E-state index contributed by atoms with van der Waals surface area (Å²) in [6.07, 6.45) is 0.